The minimum Gasteiger partial charge on any atom is -0.356 e. The summed E-state index contributed by atoms with van der Waals surface area (Å²) >= 11 is 1.69. The maximum absolute atomic E-state index is 4.65. The van der Waals surface area contributed by atoms with Crippen molar-refractivity contribution in [1.82, 2.24) is 20.6 Å². The van der Waals surface area contributed by atoms with Crippen LogP contribution in [0.15, 0.2) is 34.9 Å². The van der Waals surface area contributed by atoms with Crippen LogP contribution in [0.5, 0.6) is 0 Å². The van der Waals surface area contributed by atoms with Gasteiger partial charge in [0.2, 0.25) is 0 Å². The zero-order chi connectivity index (χ0) is 18.2. The van der Waals surface area contributed by atoms with Crippen LogP contribution >= 0.6 is 11.3 Å². The minimum absolute atomic E-state index is 0.389. The van der Waals surface area contributed by atoms with E-state index in [0.717, 1.165) is 23.2 Å². The summed E-state index contributed by atoms with van der Waals surface area (Å²) in [4.78, 5) is 13.2. The van der Waals surface area contributed by atoms with E-state index in [0.29, 0.717) is 24.3 Å². The quantitative estimate of drug-likeness (QED) is 0.583. The van der Waals surface area contributed by atoms with Gasteiger partial charge < -0.3 is 10.6 Å². The molecule has 2 rings (SSSR count). The molecule has 0 radical (unpaired) electrons. The number of pyridine rings is 1. The molecule has 0 saturated heterocycles. The molecule has 1 unspecified atom stereocenters. The van der Waals surface area contributed by atoms with E-state index < -0.39 is 0 Å². The van der Waals surface area contributed by atoms with E-state index in [2.05, 4.69) is 64.7 Å². The summed E-state index contributed by atoms with van der Waals surface area (Å²) in [7, 11) is 1.80. The maximum Gasteiger partial charge on any atom is 0.191 e. The van der Waals surface area contributed by atoms with Gasteiger partial charge in [-0.15, -0.1) is 11.3 Å². The lowest BCUT2D eigenvalue weighted by Gasteiger charge is -2.22. The minimum atomic E-state index is 0.389. The Hall–Kier alpha value is -1.95. The molecule has 0 aliphatic heterocycles. The second kappa shape index (κ2) is 9.51. The normalized spacial score (nSPS) is 13.3. The number of rotatable bonds is 7. The maximum atomic E-state index is 4.65. The average Bonchev–Trinajstić information content (AvgIpc) is 3.08. The second-order valence-corrected chi connectivity index (χ2v) is 7.71. The molecule has 2 heterocycles. The van der Waals surface area contributed by atoms with Crippen molar-refractivity contribution in [1.29, 1.82) is 0 Å². The summed E-state index contributed by atoms with van der Waals surface area (Å²) in [6.45, 7) is 10.3. The van der Waals surface area contributed by atoms with E-state index in [1.165, 1.54) is 5.56 Å². The predicted molar refractivity (Wildman–Crippen MR) is 106 cm³/mol. The van der Waals surface area contributed by atoms with E-state index >= 15 is 0 Å². The van der Waals surface area contributed by atoms with E-state index in [9.17, 15) is 0 Å². The fourth-order valence-electron chi connectivity index (χ4n) is 2.59. The van der Waals surface area contributed by atoms with Crippen molar-refractivity contribution in [3.63, 3.8) is 0 Å². The van der Waals surface area contributed by atoms with Gasteiger partial charge in [-0.3, -0.25) is 9.98 Å². The number of guanidine groups is 1. The van der Waals surface area contributed by atoms with Gasteiger partial charge in [0.05, 0.1) is 12.2 Å². The fraction of sp³-hybridized carbons (Fsp3) is 0.526. The van der Waals surface area contributed by atoms with E-state index in [1.807, 2.05) is 18.5 Å². The van der Waals surface area contributed by atoms with E-state index in [4.69, 9.17) is 0 Å². The number of aliphatic imine (C=N–C) groups is 1. The number of thiazole rings is 1. The number of aromatic nitrogens is 2. The molecule has 0 aliphatic rings. The molecule has 136 valence electrons. The van der Waals surface area contributed by atoms with Gasteiger partial charge in [-0.05, 0) is 23.5 Å². The lowest BCUT2D eigenvalue weighted by Crippen LogP contribution is -2.39. The monoisotopic (exact) mass is 359 g/mol. The summed E-state index contributed by atoms with van der Waals surface area (Å²) in [5, 5.41) is 10.0. The van der Waals surface area contributed by atoms with Gasteiger partial charge in [-0.1, -0.05) is 33.8 Å². The van der Waals surface area contributed by atoms with E-state index in [-0.39, 0.29) is 0 Å². The van der Waals surface area contributed by atoms with Crippen molar-refractivity contribution < 1.29 is 0 Å². The average molecular weight is 360 g/mol. The highest BCUT2D eigenvalue weighted by Crippen LogP contribution is 2.22. The number of nitrogens with zero attached hydrogens (tertiary/aromatic N) is 3. The second-order valence-electron chi connectivity index (χ2n) is 6.76. The zero-order valence-electron chi connectivity index (χ0n) is 15.8. The first-order valence-electron chi connectivity index (χ1n) is 8.80. The van der Waals surface area contributed by atoms with Gasteiger partial charge in [0.15, 0.2) is 5.96 Å². The Morgan fingerprint density at radius 2 is 2.04 bits per heavy atom. The van der Waals surface area contributed by atoms with Crippen LogP contribution in [-0.2, 0) is 6.54 Å². The molecule has 1 atom stereocenters. The summed E-state index contributed by atoms with van der Waals surface area (Å²) in [5.41, 5.74) is 2.41. The van der Waals surface area contributed by atoms with Gasteiger partial charge in [0.1, 0.15) is 5.01 Å². The predicted octanol–water partition coefficient (Wildman–Crippen LogP) is 3.77. The third-order valence-corrected chi connectivity index (χ3v) is 5.07. The molecular formula is C19H29N5S. The third kappa shape index (κ3) is 5.81. The van der Waals surface area contributed by atoms with Crippen LogP contribution in [0.2, 0.25) is 0 Å². The molecule has 2 aromatic heterocycles. The number of hydrogen-bond donors (Lipinski definition) is 2. The van der Waals surface area contributed by atoms with Crippen molar-refractivity contribution in [2.24, 2.45) is 10.9 Å². The molecule has 2 N–H and O–H groups in total. The number of nitrogens with one attached hydrogen (secondary N) is 2. The number of hydrogen-bond acceptors (Lipinski definition) is 4. The highest BCUT2D eigenvalue weighted by molar-refractivity contribution is 7.09. The first kappa shape index (κ1) is 19.4. The van der Waals surface area contributed by atoms with Crippen LogP contribution in [-0.4, -0.2) is 29.5 Å². The van der Waals surface area contributed by atoms with Crippen LogP contribution in [0.4, 0.5) is 0 Å². The summed E-state index contributed by atoms with van der Waals surface area (Å²) < 4.78 is 0. The molecule has 0 amide bonds. The van der Waals surface area contributed by atoms with Crippen LogP contribution in [0.25, 0.3) is 0 Å². The molecule has 2 aromatic rings. The summed E-state index contributed by atoms with van der Waals surface area (Å²) in [6.07, 6.45) is 3.76. The molecule has 25 heavy (non-hydrogen) atoms. The van der Waals surface area contributed by atoms with Crippen LogP contribution < -0.4 is 10.6 Å². The Bertz CT molecular complexity index is 663. The smallest absolute Gasteiger partial charge is 0.191 e. The third-order valence-electron chi connectivity index (χ3n) is 4.20. The Morgan fingerprint density at radius 3 is 2.60 bits per heavy atom. The molecular weight excluding hydrogens is 330 g/mol. The molecule has 5 nitrogen and oxygen atoms in total. The fourth-order valence-corrected chi connectivity index (χ4v) is 3.49. The van der Waals surface area contributed by atoms with Gasteiger partial charge in [-0.25, -0.2) is 4.98 Å². The zero-order valence-corrected chi connectivity index (χ0v) is 16.6. The van der Waals surface area contributed by atoms with Gasteiger partial charge in [0.25, 0.3) is 0 Å². The van der Waals surface area contributed by atoms with Crippen LogP contribution in [0.1, 0.15) is 55.8 Å². The summed E-state index contributed by atoms with van der Waals surface area (Å²) in [5.74, 6) is 2.17. The Kier molecular flexibility index (Phi) is 7.37. The Morgan fingerprint density at radius 1 is 1.24 bits per heavy atom. The molecule has 0 fully saturated rings. The summed E-state index contributed by atoms with van der Waals surface area (Å²) in [6, 6.07) is 4.13. The van der Waals surface area contributed by atoms with Gasteiger partial charge in [0, 0.05) is 37.3 Å². The van der Waals surface area contributed by atoms with Crippen molar-refractivity contribution >= 4 is 17.3 Å². The highest BCUT2D eigenvalue weighted by atomic mass is 32.1. The standard InChI is InChI=1S/C19H29N5S/c1-13(2)16(15-7-6-8-21-9-15)10-22-19(20-5)23-11-18-24-17(12-25-18)14(3)4/h6-9,12-14,16H,10-11H2,1-5H3,(H2,20,22,23). The molecule has 6 heteroatoms. The molecule has 0 aromatic carbocycles. The Labute approximate surface area is 155 Å². The van der Waals surface area contributed by atoms with Gasteiger partial charge in [-0.2, -0.15) is 0 Å². The first-order chi connectivity index (χ1) is 12.0. The van der Waals surface area contributed by atoms with Crippen LogP contribution in [0, 0.1) is 5.92 Å². The molecule has 0 saturated carbocycles. The van der Waals surface area contributed by atoms with Crippen LogP contribution in [0.3, 0.4) is 0 Å². The molecule has 0 spiro atoms. The lowest BCUT2D eigenvalue weighted by atomic mass is 9.89. The first-order valence-corrected chi connectivity index (χ1v) is 9.68. The van der Waals surface area contributed by atoms with E-state index in [1.54, 1.807) is 18.4 Å². The highest BCUT2D eigenvalue weighted by Gasteiger charge is 2.16. The lowest BCUT2D eigenvalue weighted by molar-refractivity contribution is 0.487. The largest absolute Gasteiger partial charge is 0.356 e. The van der Waals surface area contributed by atoms with Crippen molar-refractivity contribution in [2.75, 3.05) is 13.6 Å². The topological polar surface area (TPSA) is 62.2 Å². The Balaban J connectivity index is 1.90. The van der Waals surface area contributed by atoms with Gasteiger partial charge >= 0.3 is 0 Å². The van der Waals surface area contributed by atoms with Crippen molar-refractivity contribution in [3.05, 3.63) is 46.2 Å². The molecule has 0 bridgehead atoms. The van der Waals surface area contributed by atoms with Crippen molar-refractivity contribution in [3.8, 4) is 0 Å². The SMILES string of the molecule is CN=C(NCc1nc(C(C)C)cs1)NCC(c1cccnc1)C(C)C. The molecule has 0 aliphatic carbocycles. The van der Waals surface area contributed by atoms with Crippen molar-refractivity contribution in [2.45, 2.75) is 46.1 Å².